The Morgan fingerprint density at radius 3 is 1.91 bits per heavy atom. The molecule has 0 amide bonds. The van der Waals surface area contributed by atoms with Crippen molar-refractivity contribution in [2.24, 2.45) is 0 Å². The van der Waals surface area contributed by atoms with E-state index in [1.165, 1.54) is 9.40 Å². The summed E-state index contributed by atoms with van der Waals surface area (Å²) in [4.78, 5) is 0. The van der Waals surface area contributed by atoms with Crippen LogP contribution in [0.25, 0.3) is 9.40 Å². The average Bonchev–Trinajstić information content (AvgIpc) is 2.27. The van der Waals surface area contributed by atoms with E-state index in [-0.39, 0.29) is 12.4 Å². The number of benzene rings is 1. The third kappa shape index (κ3) is 1.61. The SMILES string of the molecule is [Cl-].[NH2+]=c1sc2ccccc2s1. The molecule has 0 aliphatic rings. The van der Waals surface area contributed by atoms with Crippen molar-refractivity contribution >= 4 is 32.1 Å². The number of nitrogens with two attached hydrogens (primary N) is 1. The second-order valence-electron chi connectivity index (χ2n) is 1.97. The quantitative estimate of drug-likeness (QED) is 0.496. The van der Waals surface area contributed by atoms with Gasteiger partial charge < -0.3 is 12.4 Å². The first-order chi connectivity index (χ1) is 4.86. The fourth-order valence-electron chi connectivity index (χ4n) is 0.856. The van der Waals surface area contributed by atoms with Crippen molar-refractivity contribution in [3.8, 4) is 0 Å². The Hall–Kier alpha value is -0.380. The Balaban J connectivity index is 0.000000605. The molecule has 2 aromatic rings. The fraction of sp³-hybridized carbons (Fsp3) is 0. The molecule has 0 aliphatic carbocycles. The monoisotopic (exact) mass is 203 g/mol. The third-order valence-corrected chi connectivity index (χ3v) is 3.45. The highest BCUT2D eigenvalue weighted by Crippen LogP contribution is 2.18. The summed E-state index contributed by atoms with van der Waals surface area (Å²) >= 11 is 3.30. The Bertz CT molecular complexity index is 368. The van der Waals surface area contributed by atoms with E-state index in [4.69, 9.17) is 5.41 Å². The molecule has 0 saturated heterocycles. The third-order valence-electron chi connectivity index (χ3n) is 1.27. The molecule has 2 N–H and O–H groups in total. The van der Waals surface area contributed by atoms with Gasteiger partial charge >= 0.3 is 3.98 Å². The molecule has 2 rings (SSSR count). The second kappa shape index (κ2) is 3.34. The summed E-state index contributed by atoms with van der Waals surface area (Å²) < 4.78 is 3.50. The Labute approximate surface area is 78.2 Å². The average molecular weight is 204 g/mol. The van der Waals surface area contributed by atoms with Gasteiger partial charge in [-0.2, -0.15) is 0 Å². The van der Waals surface area contributed by atoms with Crippen molar-refractivity contribution in [1.82, 2.24) is 0 Å². The summed E-state index contributed by atoms with van der Waals surface area (Å²) in [6.07, 6.45) is 0. The highest BCUT2D eigenvalue weighted by Gasteiger charge is 1.96. The topological polar surface area (TPSA) is 25.6 Å². The summed E-state index contributed by atoms with van der Waals surface area (Å²) in [5, 5.41) is 5.63. The lowest BCUT2D eigenvalue weighted by Crippen LogP contribution is -3.00. The van der Waals surface area contributed by atoms with Gasteiger partial charge in [-0.1, -0.05) is 34.8 Å². The molecule has 0 radical (unpaired) electrons. The van der Waals surface area contributed by atoms with Crippen LogP contribution >= 0.6 is 22.7 Å². The van der Waals surface area contributed by atoms with Crippen LogP contribution in [0.15, 0.2) is 24.3 Å². The molecule has 1 nitrogen and oxygen atoms in total. The maximum absolute atomic E-state index is 5.63. The Morgan fingerprint density at radius 2 is 1.45 bits per heavy atom. The maximum Gasteiger partial charge on any atom is 0.311 e. The van der Waals surface area contributed by atoms with Gasteiger partial charge in [0.2, 0.25) is 0 Å². The predicted octanol–water partition coefficient (Wildman–Crippen LogP) is -2.37. The van der Waals surface area contributed by atoms with E-state index < -0.39 is 0 Å². The number of hydrogen-bond acceptors (Lipinski definition) is 2. The van der Waals surface area contributed by atoms with Gasteiger partial charge in [0.05, 0.1) is 9.40 Å². The lowest BCUT2D eigenvalue weighted by Gasteiger charge is -1.80. The molecule has 0 saturated carbocycles. The minimum Gasteiger partial charge on any atom is -1.00 e. The molecule has 0 fully saturated rings. The normalized spacial score (nSPS) is 9.45. The summed E-state index contributed by atoms with van der Waals surface area (Å²) in [6, 6.07) is 8.25. The van der Waals surface area contributed by atoms with Crippen LogP contribution in [0.3, 0.4) is 0 Å². The second-order valence-corrected chi connectivity index (χ2v) is 4.40. The fourth-order valence-corrected chi connectivity index (χ4v) is 2.88. The molecule has 11 heavy (non-hydrogen) atoms. The van der Waals surface area contributed by atoms with Crippen molar-refractivity contribution in [3.63, 3.8) is 0 Å². The first-order valence-electron chi connectivity index (χ1n) is 2.93. The Kier molecular flexibility index (Phi) is 2.65. The lowest BCUT2D eigenvalue weighted by molar-refractivity contribution is -0.161. The van der Waals surface area contributed by atoms with Crippen LogP contribution in [0.5, 0.6) is 0 Å². The minimum absolute atomic E-state index is 0. The predicted molar refractivity (Wildman–Crippen MR) is 44.8 cm³/mol. The van der Waals surface area contributed by atoms with Gasteiger partial charge in [0.15, 0.2) is 0 Å². The van der Waals surface area contributed by atoms with E-state index in [9.17, 15) is 0 Å². The van der Waals surface area contributed by atoms with Crippen molar-refractivity contribution in [2.75, 3.05) is 0 Å². The molecule has 58 valence electrons. The van der Waals surface area contributed by atoms with E-state index >= 15 is 0 Å². The number of halogens is 1. The van der Waals surface area contributed by atoms with Gasteiger partial charge in [-0.05, 0) is 12.1 Å². The zero-order chi connectivity index (χ0) is 6.97. The first kappa shape index (κ1) is 8.71. The molecule has 1 aromatic carbocycles. The van der Waals surface area contributed by atoms with Crippen molar-refractivity contribution in [3.05, 3.63) is 28.3 Å². The van der Waals surface area contributed by atoms with E-state index in [0.29, 0.717) is 0 Å². The van der Waals surface area contributed by atoms with Crippen LogP contribution in [0.1, 0.15) is 0 Å². The number of fused-ring (bicyclic) bond motifs is 1. The molecule has 1 aromatic heterocycles. The highest BCUT2D eigenvalue weighted by atomic mass is 35.5. The zero-order valence-electron chi connectivity index (χ0n) is 5.58. The van der Waals surface area contributed by atoms with E-state index in [1.54, 1.807) is 22.7 Å². The van der Waals surface area contributed by atoms with E-state index in [2.05, 4.69) is 12.1 Å². The van der Waals surface area contributed by atoms with Gasteiger partial charge in [-0.25, -0.2) is 5.41 Å². The molecule has 0 atom stereocenters. The summed E-state index contributed by atoms with van der Waals surface area (Å²) in [5.41, 5.74) is 0. The molecule has 0 aliphatic heterocycles. The summed E-state index contributed by atoms with van der Waals surface area (Å²) in [7, 11) is 0. The molecule has 1 heterocycles. The number of hydrogen-bond donors (Lipinski definition) is 1. The van der Waals surface area contributed by atoms with Crippen LogP contribution in [-0.4, -0.2) is 0 Å². The van der Waals surface area contributed by atoms with Crippen LogP contribution in [-0.2, 0) is 0 Å². The van der Waals surface area contributed by atoms with Gasteiger partial charge in [-0.15, -0.1) is 0 Å². The van der Waals surface area contributed by atoms with Crippen molar-refractivity contribution in [2.45, 2.75) is 0 Å². The van der Waals surface area contributed by atoms with Gasteiger partial charge in [0, 0.05) is 0 Å². The lowest BCUT2D eigenvalue weighted by atomic mass is 10.4. The molecular formula is C7H6ClNS2. The van der Waals surface area contributed by atoms with E-state index in [0.717, 1.165) is 3.98 Å². The largest absolute Gasteiger partial charge is 1.00 e. The summed E-state index contributed by atoms with van der Waals surface area (Å²) in [5.74, 6) is 0. The smallest absolute Gasteiger partial charge is 0.311 e. The zero-order valence-corrected chi connectivity index (χ0v) is 7.97. The molecular weight excluding hydrogens is 198 g/mol. The standard InChI is InChI=1S/C7H5NS2.ClH/c8-7-9-5-3-1-2-4-6(5)10-7;/h1-4,8H;1H. The van der Waals surface area contributed by atoms with Crippen LogP contribution < -0.4 is 21.8 Å². The van der Waals surface area contributed by atoms with Crippen molar-refractivity contribution in [1.29, 1.82) is 0 Å². The molecule has 0 bridgehead atoms. The first-order valence-corrected chi connectivity index (χ1v) is 4.57. The molecule has 0 spiro atoms. The van der Waals surface area contributed by atoms with Gasteiger partial charge in [0.1, 0.15) is 0 Å². The Morgan fingerprint density at radius 1 is 1.00 bits per heavy atom. The van der Waals surface area contributed by atoms with E-state index in [1.807, 2.05) is 12.1 Å². The van der Waals surface area contributed by atoms with Crippen LogP contribution in [0.2, 0.25) is 0 Å². The van der Waals surface area contributed by atoms with Crippen LogP contribution in [0, 0.1) is 0 Å². The minimum atomic E-state index is 0. The van der Waals surface area contributed by atoms with Gasteiger partial charge in [0.25, 0.3) is 0 Å². The highest BCUT2D eigenvalue weighted by molar-refractivity contribution is 7.35. The van der Waals surface area contributed by atoms with Crippen molar-refractivity contribution < 1.29 is 17.8 Å². The maximum atomic E-state index is 5.63. The number of rotatable bonds is 0. The summed E-state index contributed by atoms with van der Waals surface area (Å²) in [6.45, 7) is 0. The van der Waals surface area contributed by atoms with Crippen LogP contribution in [0.4, 0.5) is 0 Å². The molecule has 0 unspecified atom stereocenters. The molecule has 4 heteroatoms. The van der Waals surface area contributed by atoms with Gasteiger partial charge in [-0.3, -0.25) is 0 Å².